The molecule has 1 aliphatic rings. The van der Waals surface area contributed by atoms with Crippen LogP contribution in [0.3, 0.4) is 0 Å². The van der Waals surface area contributed by atoms with Crippen LogP contribution in [0, 0.1) is 6.92 Å². The van der Waals surface area contributed by atoms with Gasteiger partial charge in [0.15, 0.2) is 5.58 Å². The summed E-state index contributed by atoms with van der Waals surface area (Å²) in [7, 11) is 0. The predicted octanol–water partition coefficient (Wildman–Crippen LogP) is 2.32. The van der Waals surface area contributed by atoms with Gasteiger partial charge in [0.2, 0.25) is 5.91 Å². The van der Waals surface area contributed by atoms with E-state index in [0.717, 1.165) is 24.3 Å². The van der Waals surface area contributed by atoms with Gasteiger partial charge in [0.25, 0.3) is 5.56 Å². The van der Waals surface area contributed by atoms with Crippen LogP contribution in [-0.4, -0.2) is 51.2 Å². The van der Waals surface area contributed by atoms with Gasteiger partial charge in [-0.25, -0.2) is 4.68 Å². The summed E-state index contributed by atoms with van der Waals surface area (Å²) in [5.41, 5.74) is 1.91. The molecule has 0 unspecified atom stereocenters. The van der Waals surface area contributed by atoms with Crippen molar-refractivity contribution in [3.05, 3.63) is 34.6 Å². The number of nitrogens with zero attached hydrogens (tertiary/aromatic N) is 4. The molecule has 8 nitrogen and oxygen atoms in total. The van der Waals surface area contributed by atoms with Gasteiger partial charge in [-0.15, -0.1) is 0 Å². The van der Waals surface area contributed by atoms with Gasteiger partial charge >= 0.3 is 0 Å². The van der Waals surface area contributed by atoms with E-state index in [0.29, 0.717) is 37.0 Å². The van der Waals surface area contributed by atoms with Crippen molar-refractivity contribution in [3.8, 4) is 0 Å². The molecular formula is C21H29N5O3. The average Bonchev–Trinajstić information content (AvgIpc) is 3.31. The molecule has 1 saturated heterocycles. The Balaban J connectivity index is 1.25. The molecule has 4 heterocycles. The first kappa shape index (κ1) is 19.7. The first-order valence-corrected chi connectivity index (χ1v) is 10.6. The normalized spacial score (nSPS) is 15.3. The summed E-state index contributed by atoms with van der Waals surface area (Å²) < 4.78 is 8.66. The molecule has 8 heteroatoms. The highest BCUT2D eigenvalue weighted by Crippen LogP contribution is 2.20. The van der Waals surface area contributed by atoms with Crippen LogP contribution in [0.4, 0.5) is 0 Å². The molecule has 1 N–H and O–H groups in total. The fourth-order valence-electron chi connectivity index (χ4n) is 4.17. The van der Waals surface area contributed by atoms with E-state index >= 15 is 0 Å². The van der Waals surface area contributed by atoms with Gasteiger partial charge in [-0.1, -0.05) is 6.42 Å². The van der Waals surface area contributed by atoms with Gasteiger partial charge < -0.3 is 14.6 Å². The zero-order valence-corrected chi connectivity index (χ0v) is 17.0. The number of hydrogen-bond donors (Lipinski definition) is 1. The highest BCUT2D eigenvalue weighted by atomic mass is 16.3. The molecule has 0 bridgehead atoms. The van der Waals surface area contributed by atoms with Crippen LogP contribution in [0.5, 0.6) is 0 Å². The molecule has 0 aliphatic carbocycles. The predicted molar refractivity (Wildman–Crippen MR) is 111 cm³/mol. The third-order valence-electron chi connectivity index (χ3n) is 5.66. The van der Waals surface area contributed by atoms with E-state index in [2.05, 4.69) is 15.3 Å². The van der Waals surface area contributed by atoms with Crippen LogP contribution in [0.15, 0.2) is 27.6 Å². The third-order valence-corrected chi connectivity index (χ3v) is 5.66. The number of fused-ring (bicyclic) bond motifs is 3. The number of hydrogen-bond acceptors (Lipinski definition) is 5. The Morgan fingerprint density at radius 3 is 2.83 bits per heavy atom. The number of amides is 1. The quantitative estimate of drug-likeness (QED) is 0.588. The number of likely N-dealkylation sites (tertiary alicyclic amines) is 1. The minimum atomic E-state index is -0.163. The van der Waals surface area contributed by atoms with Crippen molar-refractivity contribution in [1.82, 2.24) is 24.4 Å². The fourth-order valence-corrected chi connectivity index (χ4v) is 4.17. The number of rotatable bonds is 8. The van der Waals surface area contributed by atoms with Crippen LogP contribution in [0.25, 0.3) is 16.6 Å². The van der Waals surface area contributed by atoms with Gasteiger partial charge in [-0.3, -0.25) is 14.0 Å². The Hall–Kier alpha value is -2.61. The second kappa shape index (κ2) is 8.82. The number of carbonyl (C=O) groups excluding carboxylic acids is 1. The summed E-state index contributed by atoms with van der Waals surface area (Å²) in [6.45, 7) is 6.42. The topological polar surface area (TPSA) is 84.8 Å². The van der Waals surface area contributed by atoms with Gasteiger partial charge in [-0.2, -0.15) is 5.10 Å². The number of carbonyl (C=O) groups is 1. The maximum atomic E-state index is 12.7. The summed E-state index contributed by atoms with van der Waals surface area (Å²) in [5, 5.41) is 7.40. The number of nitrogens with one attached hydrogen (secondary N) is 1. The molecule has 1 amide bonds. The number of furan rings is 1. The lowest BCUT2D eigenvalue weighted by molar-refractivity contribution is -0.121. The van der Waals surface area contributed by atoms with Crippen LogP contribution < -0.4 is 10.9 Å². The molecule has 1 aliphatic heterocycles. The molecule has 3 aromatic rings. The highest BCUT2D eigenvalue weighted by Gasteiger charge is 2.14. The molecular weight excluding hydrogens is 370 g/mol. The first-order chi connectivity index (χ1) is 14.1. The van der Waals surface area contributed by atoms with Crippen LogP contribution in [0.2, 0.25) is 0 Å². The van der Waals surface area contributed by atoms with Crippen molar-refractivity contribution in [1.29, 1.82) is 0 Å². The lowest BCUT2D eigenvalue weighted by Crippen LogP contribution is -2.33. The lowest BCUT2D eigenvalue weighted by Gasteiger charge is -2.26. The van der Waals surface area contributed by atoms with Crippen LogP contribution >= 0.6 is 0 Å². The molecule has 0 spiro atoms. The van der Waals surface area contributed by atoms with Gasteiger partial charge in [-0.05, 0) is 52.2 Å². The zero-order chi connectivity index (χ0) is 20.2. The monoisotopic (exact) mass is 399 g/mol. The largest absolute Gasteiger partial charge is 0.463 e. The summed E-state index contributed by atoms with van der Waals surface area (Å²) in [4.78, 5) is 27.3. The van der Waals surface area contributed by atoms with E-state index < -0.39 is 0 Å². The van der Waals surface area contributed by atoms with E-state index in [1.807, 2.05) is 17.4 Å². The highest BCUT2D eigenvalue weighted by molar-refractivity contribution is 5.82. The van der Waals surface area contributed by atoms with E-state index in [9.17, 15) is 9.59 Å². The Bertz CT molecular complexity index is 1040. The van der Waals surface area contributed by atoms with Gasteiger partial charge in [0.1, 0.15) is 11.3 Å². The number of aryl methyl sites for hydroxylation is 2. The molecule has 156 valence electrons. The van der Waals surface area contributed by atoms with Gasteiger partial charge in [0, 0.05) is 31.6 Å². The summed E-state index contributed by atoms with van der Waals surface area (Å²) in [6, 6.07) is 3.58. The van der Waals surface area contributed by atoms with Crippen molar-refractivity contribution in [2.45, 2.75) is 52.0 Å². The van der Waals surface area contributed by atoms with E-state index in [1.165, 1.54) is 37.0 Å². The summed E-state index contributed by atoms with van der Waals surface area (Å²) >= 11 is 0. The second-order valence-electron chi connectivity index (χ2n) is 7.82. The van der Waals surface area contributed by atoms with Crippen molar-refractivity contribution in [3.63, 3.8) is 0 Å². The molecule has 29 heavy (non-hydrogen) atoms. The maximum Gasteiger partial charge on any atom is 0.291 e. The van der Waals surface area contributed by atoms with Crippen molar-refractivity contribution in [2.75, 3.05) is 26.2 Å². The Kier molecular flexibility index (Phi) is 5.99. The molecule has 0 radical (unpaired) electrons. The number of piperidine rings is 1. The molecule has 0 aromatic carbocycles. The lowest BCUT2D eigenvalue weighted by atomic mass is 10.1. The van der Waals surface area contributed by atoms with E-state index in [4.69, 9.17) is 4.42 Å². The Morgan fingerprint density at radius 2 is 2.00 bits per heavy atom. The first-order valence-electron chi connectivity index (χ1n) is 10.6. The van der Waals surface area contributed by atoms with Gasteiger partial charge in [0.05, 0.1) is 11.8 Å². The number of aromatic nitrogens is 3. The van der Waals surface area contributed by atoms with E-state index in [1.54, 1.807) is 12.3 Å². The molecule has 0 saturated carbocycles. The van der Waals surface area contributed by atoms with Crippen molar-refractivity contribution >= 4 is 22.5 Å². The SMILES string of the molecule is Cc1nn(CCCC(=O)NCCCN2CCCCC2)c(=O)c2cc3occc3n12. The minimum absolute atomic E-state index is 0.0368. The summed E-state index contributed by atoms with van der Waals surface area (Å²) in [5.74, 6) is 0.757. The molecule has 1 fully saturated rings. The van der Waals surface area contributed by atoms with Crippen molar-refractivity contribution in [2.24, 2.45) is 0 Å². The second-order valence-corrected chi connectivity index (χ2v) is 7.82. The fraction of sp³-hybridized carbons (Fsp3) is 0.571. The van der Waals surface area contributed by atoms with Crippen LogP contribution in [-0.2, 0) is 11.3 Å². The molecule has 0 atom stereocenters. The molecule has 4 rings (SSSR count). The zero-order valence-electron chi connectivity index (χ0n) is 17.0. The van der Waals surface area contributed by atoms with Crippen LogP contribution in [0.1, 0.15) is 44.3 Å². The Labute approximate surface area is 169 Å². The standard InChI is InChI=1S/C21H29N5O3/c1-16-23-25(21(28)18-15-19-17(26(16)18)8-14-29-19)13-5-7-20(27)22-9-6-12-24-10-3-2-4-11-24/h8,14-15H,2-7,9-13H2,1H3,(H,22,27). The minimum Gasteiger partial charge on any atom is -0.463 e. The summed E-state index contributed by atoms with van der Waals surface area (Å²) in [6.07, 6.45) is 7.49. The van der Waals surface area contributed by atoms with Crippen molar-refractivity contribution < 1.29 is 9.21 Å². The maximum absolute atomic E-state index is 12.7. The molecule has 3 aromatic heterocycles. The Morgan fingerprint density at radius 1 is 1.17 bits per heavy atom. The third kappa shape index (κ3) is 4.37. The van der Waals surface area contributed by atoms with E-state index in [-0.39, 0.29) is 11.5 Å². The smallest absolute Gasteiger partial charge is 0.291 e. The average molecular weight is 399 g/mol.